The number of ketones is 1. The number of Topliss-reactive ketones (excluding diaryl/α,β-unsaturated/α-hetero) is 1. The highest BCUT2D eigenvalue weighted by Gasteiger charge is 2.35. The zero-order valence-corrected chi connectivity index (χ0v) is 20.2. The Hall–Kier alpha value is -1.02. The summed E-state index contributed by atoms with van der Waals surface area (Å²) in [4.78, 5) is 21.7. The standard InChI is InChI=1S/C25H46O7/c1-19(31-25-23(28)18-22(27)20(2)32-25)15-13-11-9-7-5-3-4-6-8-10-12-14-16-21(26)17-24(29)30/h19-20,22-23,25,27-28H,3-18H2,1-2H3,(H,29,30)/t19-,20+,22-,23-,25-/m1/s1. The molecular weight excluding hydrogens is 412 g/mol. The summed E-state index contributed by atoms with van der Waals surface area (Å²) in [5.74, 6) is -1.19. The number of unbranched alkanes of at least 4 members (excludes halogenated alkanes) is 11. The van der Waals surface area contributed by atoms with Crippen LogP contribution in [0, 0.1) is 0 Å². The van der Waals surface area contributed by atoms with Crippen molar-refractivity contribution >= 4 is 11.8 Å². The number of ether oxygens (including phenoxy) is 2. The third-order valence-electron chi connectivity index (χ3n) is 6.22. The molecule has 5 atom stereocenters. The van der Waals surface area contributed by atoms with E-state index in [2.05, 4.69) is 0 Å². The molecule has 1 heterocycles. The third kappa shape index (κ3) is 14.2. The summed E-state index contributed by atoms with van der Waals surface area (Å²) >= 11 is 0. The van der Waals surface area contributed by atoms with Gasteiger partial charge in [-0.3, -0.25) is 9.59 Å². The highest BCUT2D eigenvalue weighted by atomic mass is 16.7. The predicted molar refractivity (Wildman–Crippen MR) is 123 cm³/mol. The normalized spacial score (nSPS) is 24.4. The molecule has 0 aromatic heterocycles. The fraction of sp³-hybridized carbons (Fsp3) is 0.920. The molecule has 0 saturated carbocycles. The summed E-state index contributed by atoms with van der Waals surface area (Å²) in [5, 5.41) is 28.2. The molecule has 0 aromatic rings. The molecule has 0 aromatic carbocycles. The van der Waals surface area contributed by atoms with Crippen LogP contribution >= 0.6 is 0 Å². The van der Waals surface area contributed by atoms with Crippen LogP contribution in [0.4, 0.5) is 0 Å². The summed E-state index contributed by atoms with van der Waals surface area (Å²) in [5.41, 5.74) is 0. The van der Waals surface area contributed by atoms with Crippen LogP contribution in [0.3, 0.4) is 0 Å². The van der Waals surface area contributed by atoms with Crippen LogP contribution in [0.5, 0.6) is 0 Å². The van der Waals surface area contributed by atoms with Crippen molar-refractivity contribution in [2.24, 2.45) is 0 Å². The first kappa shape index (κ1) is 29.0. The van der Waals surface area contributed by atoms with E-state index in [0.717, 1.165) is 32.1 Å². The largest absolute Gasteiger partial charge is 0.481 e. The van der Waals surface area contributed by atoms with Crippen molar-refractivity contribution < 1.29 is 34.4 Å². The van der Waals surface area contributed by atoms with E-state index in [9.17, 15) is 19.8 Å². The Bertz CT molecular complexity index is 511. The molecule has 1 saturated heterocycles. The molecule has 1 aliphatic heterocycles. The first-order valence-electron chi connectivity index (χ1n) is 12.7. The number of aliphatic carboxylic acids is 1. The molecule has 7 heteroatoms. The number of carboxylic acid groups (broad SMARTS) is 1. The minimum Gasteiger partial charge on any atom is -0.481 e. The average molecular weight is 459 g/mol. The van der Waals surface area contributed by atoms with Crippen LogP contribution < -0.4 is 0 Å². The molecule has 188 valence electrons. The molecule has 0 unspecified atom stereocenters. The minimum atomic E-state index is -1.03. The van der Waals surface area contributed by atoms with E-state index < -0.39 is 24.5 Å². The third-order valence-corrected chi connectivity index (χ3v) is 6.22. The van der Waals surface area contributed by atoms with Crippen molar-refractivity contribution in [3.8, 4) is 0 Å². The Kier molecular flexibility index (Phi) is 15.8. The molecule has 1 aliphatic rings. The molecular formula is C25H46O7. The number of carboxylic acids is 1. The number of carbonyl (C=O) groups is 2. The van der Waals surface area contributed by atoms with Crippen molar-refractivity contribution in [2.45, 2.75) is 147 Å². The van der Waals surface area contributed by atoms with Gasteiger partial charge >= 0.3 is 5.97 Å². The second-order valence-electron chi connectivity index (χ2n) is 9.42. The van der Waals surface area contributed by atoms with Gasteiger partial charge in [-0.05, 0) is 26.7 Å². The number of hydrogen-bond donors (Lipinski definition) is 3. The van der Waals surface area contributed by atoms with Crippen LogP contribution in [0.15, 0.2) is 0 Å². The predicted octanol–water partition coefficient (Wildman–Crippen LogP) is 4.75. The highest BCUT2D eigenvalue weighted by Crippen LogP contribution is 2.23. The first-order chi connectivity index (χ1) is 15.3. The first-order valence-corrected chi connectivity index (χ1v) is 12.7. The Morgan fingerprint density at radius 2 is 1.38 bits per heavy atom. The zero-order valence-electron chi connectivity index (χ0n) is 20.2. The van der Waals surface area contributed by atoms with E-state index in [0.29, 0.717) is 12.8 Å². The summed E-state index contributed by atoms with van der Waals surface area (Å²) < 4.78 is 11.4. The molecule has 0 aliphatic carbocycles. The molecule has 0 amide bonds. The molecule has 1 rings (SSSR count). The second-order valence-corrected chi connectivity index (χ2v) is 9.42. The van der Waals surface area contributed by atoms with Crippen molar-refractivity contribution in [1.29, 1.82) is 0 Å². The van der Waals surface area contributed by atoms with Gasteiger partial charge in [-0.15, -0.1) is 0 Å². The summed E-state index contributed by atoms with van der Waals surface area (Å²) in [6, 6.07) is 0. The number of aliphatic hydroxyl groups is 2. The van der Waals surface area contributed by atoms with Gasteiger partial charge in [-0.1, -0.05) is 70.6 Å². The van der Waals surface area contributed by atoms with Crippen molar-refractivity contribution in [2.75, 3.05) is 0 Å². The highest BCUT2D eigenvalue weighted by molar-refractivity contribution is 5.94. The Labute approximate surface area is 193 Å². The number of aliphatic hydroxyl groups excluding tert-OH is 2. The fourth-order valence-corrected chi connectivity index (χ4v) is 4.14. The number of rotatable bonds is 19. The monoisotopic (exact) mass is 458 g/mol. The Balaban J connectivity index is 1.85. The summed E-state index contributed by atoms with van der Waals surface area (Å²) in [7, 11) is 0. The molecule has 0 spiro atoms. The van der Waals surface area contributed by atoms with Gasteiger partial charge in [0.1, 0.15) is 18.3 Å². The maximum Gasteiger partial charge on any atom is 0.310 e. The number of carbonyl (C=O) groups excluding carboxylic acids is 1. The van der Waals surface area contributed by atoms with Crippen LogP contribution in [-0.2, 0) is 19.1 Å². The minimum absolute atomic E-state index is 0.0346. The molecule has 32 heavy (non-hydrogen) atoms. The average Bonchev–Trinajstić information content (AvgIpc) is 2.71. The van der Waals surface area contributed by atoms with Crippen LogP contribution in [0.2, 0.25) is 0 Å². The van der Waals surface area contributed by atoms with E-state index in [-0.39, 0.29) is 24.4 Å². The SMILES string of the molecule is C[C@H](CCCCCCCCCCCCCCC(=O)CC(=O)O)O[C@@H]1O[C@@H](C)[C@H](O)C[C@H]1O. The summed E-state index contributed by atoms with van der Waals surface area (Å²) in [6.45, 7) is 3.81. The lowest BCUT2D eigenvalue weighted by molar-refractivity contribution is -0.273. The van der Waals surface area contributed by atoms with Gasteiger partial charge in [0.15, 0.2) is 6.29 Å². The van der Waals surface area contributed by atoms with Gasteiger partial charge in [0.05, 0.1) is 18.3 Å². The lowest BCUT2D eigenvalue weighted by atomic mass is 10.0. The van der Waals surface area contributed by atoms with Crippen LogP contribution in [0.1, 0.15) is 117 Å². The van der Waals surface area contributed by atoms with Gasteiger partial charge in [0.25, 0.3) is 0 Å². The lowest BCUT2D eigenvalue weighted by Gasteiger charge is -2.36. The zero-order chi connectivity index (χ0) is 23.8. The molecule has 1 fully saturated rings. The second kappa shape index (κ2) is 17.5. The Morgan fingerprint density at radius 1 is 0.875 bits per heavy atom. The van der Waals surface area contributed by atoms with E-state index in [1.807, 2.05) is 6.92 Å². The van der Waals surface area contributed by atoms with Gasteiger partial charge in [0, 0.05) is 12.8 Å². The molecule has 3 N–H and O–H groups in total. The maximum absolute atomic E-state index is 11.3. The smallest absolute Gasteiger partial charge is 0.310 e. The number of hydrogen-bond acceptors (Lipinski definition) is 6. The lowest BCUT2D eigenvalue weighted by Crippen LogP contribution is -2.48. The fourth-order valence-electron chi connectivity index (χ4n) is 4.14. The van der Waals surface area contributed by atoms with E-state index >= 15 is 0 Å². The van der Waals surface area contributed by atoms with Gasteiger partial charge < -0.3 is 24.8 Å². The van der Waals surface area contributed by atoms with Crippen LogP contribution in [-0.4, -0.2) is 57.8 Å². The van der Waals surface area contributed by atoms with E-state index in [1.54, 1.807) is 6.92 Å². The topological polar surface area (TPSA) is 113 Å². The van der Waals surface area contributed by atoms with E-state index in [4.69, 9.17) is 14.6 Å². The van der Waals surface area contributed by atoms with Gasteiger partial charge in [0.2, 0.25) is 0 Å². The van der Waals surface area contributed by atoms with E-state index in [1.165, 1.54) is 51.4 Å². The van der Waals surface area contributed by atoms with Gasteiger partial charge in [-0.25, -0.2) is 0 Å². The quantitative estimate of drug-likeness (QED) is 0.189. The van der Waals surface area contributed by atoms with Crippen molar-refractivity contribution in [1.82, 2.24) is 0 Å². The van der Waals surface area contributed by atoms with Crippen molar-refractivity contribution in [3.63, 3.8) is 0 Å². The maximum atomic E-state index is 11.3. The van der Waals surface area contributed by atoms with Crippen molar-refractivity contribution in [3.05, 3.63) is 0 Å². The Morgan fingerprint density at radius 3 is 1.91 bits per heavy atom. The molecule has 0 bridgehead atoms. The summed E-state index contributed by atoms with van der Waals surface area (Å²) in [6.07, 6.45) is 13.0. The van der Waals surface area contributed by atoms with Gasteiger partial charge in [-0.2, -0.15) is 0 Å². The molecule has 0 radical (unpaired) electrons. The van der Waals surface area contributed by atoms with Crippen LogP contribution in [0.25, 0.3) is 0 Å². The molecule has 7 nitrogen and oxygen atoms in total.